The fourth-order valence-corrected chi connectivity index (χ4v) is 3.24. The van der Waals surface area contributed by atoms with Crippen molar-refractivity contribution in [2.45, 2.75) is 26.3 Å². The molecule has 1 heterocycles. The molecule has 0 bridgehead atoms. The number of hydrogen-bond donors (Lipinski definition) is 2. The zero-order valence-corrected chi connectivity index (χ0v) is 15.3. The summed E-state index contributed by atoms with van der Waals surface area (Å²) in [5.74, 6) is -4.27. The van der Waals surface area contributed by atoms with Crippen molar-refractivity contribution in [2.24, 2.45) is 5.92 Å². The van der Waals surface area contributed by atoms with Crippen molar-refractivity contribution in [1.29, 1.82) is 0 Å². The summed E-state index contributed by atoms with van der Waals surface area (Å²) in [5, 5.41) is 20.0. The molecule has 0 aliphatic carbocycles. The number of Topliss-reactive ketones (excluding diaryl/α,β-unsaturated/α-hetero) is 1. The third-order valence-electron chi connectivity index (χ3n) is 4.49. The molecule has 1 atom stereocenters. The molecule has 2 N–H and O–H groups in total. The number of benzene rings is 2. The van der Waals surface area contributed by atoms with Gasteiger partial charge in [-0.2, -0.15) is 0 Å². The second-order valence-electron chi connectivity index (χ2n) is 7.05. The number of phenolic OH excluding ortho intramolecular Hbond substituents is 1. The number of phenols is 1. The number of carbonyl (C=O) groups is 2. The average Bonchev–Trinajstić information content (AvgIpc) is 2.89. The van der Waals surface area contributed by atoms with E-state index < -0.39 is 35.1 Å². The molecule has 1 aliphatic heterocycles. The van der Waals surface area contributed by atoms with E-state index in [9.17, 15) is 28.6 Å². The van der Waals surface area contributed by atoms with Crippen molar-refractivity contribution in [3.63, 3.8) is 0 Å². The Balaban J connectivity index is 2.16. The maximum absolute atomic E-state index is 13.8. The molecule has 3 rings (SSSR count). The predicted molar refractivity (Wildman–Crippen MR) is 98.8 cm³/mol. The molecule has 0 fully saturated rings. The van der Waals surface area contributed by atoms with Gasteiger partial charge in [0.25, 0.3) is 5.91 Å². The van der Waals surface area contributed by atoms with E-state index in [-0.39, 0.29) is 29.3 Å². The molecule has 5 nitrogen and oxygen atoms in total. The van der Waals surface area contributed by atoms with Gasteiger partial charge in [-0.3, -0.25) is 14.5 Å². The number of amides is 1. The van der Waals surface area contributed by atoms with Crippen molar-refractivity contribution in [2.75, 3.05) is 4.90 Å². The lowest BCUT2D eigenvalue weighted by Crippen LogP contribution is -2.31. The first kappa shape index (κ1) is 19.5. The summed E-state index contributed by atoms with van der Waals surface area (Å²) in [5.41, 5.74) is 0.335. The summed E-state index contributed by atoms with van der Waals surface area (Å²) in [6.07, 6.45) is 0.104. The molecule has 7 heteroatoms. The van der Waals surface area contributed by atoms with Crippen LogP contribution in [0.25, 0.3) is 0 Å². The number of anilines is 1. The Bertz CT molecular complexity index is 967. The van der Waals surface area contributed by atoms with Crippen LogP contribution in [-0.2, 0) is 9.59 Å². The monoisotopic (exact) mass is 387 g/mol. The molecule has 1 unspecified atom stereocenters. The number of aliphatic hydroxyl groups excluding tert-OH is 1. The topological polar surface area (TPSA) is 77.8 Å². The Hall–Kier alpha value is -3.22. The van der Waals surface area contributed by atoms with E-state index in [2.05, 4.69) is 0 Å². The lowest BCUT2D eigenvalue weighted by molar-refractivity contribution is -0.118. The number of carbonyl (C=O) groups excluding carboxylic acids is 2. The van der Waals surface area contributed by atoms with Gasteiger partial charge in [-0.1, -0.05) is 26.0 Å². The summed E-state index contributed by atoms with van der Waals surface area (Å²) in [4.78, 5) is 26.6. The van der Waals surface area contributed by atoms with E-state index in [1.165, 1.54) is 30.3 Å². The maximum atomic E-state index is 13.8. The normalized spacial score (nSPS) is 17.0. The fourth-order valence-electron chi connectivity index (χ4n) is 3.24. The second-order valence-corrected chi connectivity index (χ2v) is 7.05. The van der Waals surface area contributed by atoms with Crippen molar-refractivity contribution < 1.29 is 28.6 Å². The highest BCUT2D eigenvalue weighted by Crippen LogP contribution is 2.42. The number of aromatic hydroxyl groups is 1. The molecule has 146 valence electrons. The molecular weight excluding hydrogens is 368 g/mol. The molecule has 2 aromatic rings. The smallest absolute Gasteiger partial charge is 0.294 e. The van der Waals surface area contributed by atoms with Crippen LogP contribution in [0.5, 0.6) is 5.75 Å². The number of aliphatic hydroxyl groups is 1. The quantitative estimate of drug-likeness (QED) is 0.807. The fraction of sp³-hybridized carbons (Fsp3) is 0.238. The Morgan fingerprint density at radius 2 is 1.71 bits per heavy atom. The van der Waals surface area contributed by atoms with E-state index >= 15 is 0 Å². The van der Waals surface area contributed by atoms with Crippen LogP contribution in [0.1, 0.15) is 31.9 Å². The van der Waals surface area contributed by atoms with E-state index in [0.717, 1.165) is 17.0 Å². The van der Waals surface area contributed by atoms with Crippen molar-refractivity contribution in [3.05, 3.63) is 71.0 Å². The molecular formula is C21H19F2NO4. The Kier molecular flexibility index (Phi) is 5.18. The molecule has 0 aromatic heterocycles. The highest BCUT2D eigenvalue weighted by Gasteiger charge is 2.44. The van der Waals surface area contributed by atoms with Crippen LogP contribution in [0.4, 0.5) is 14.5 Å². The van der Waals surface area contributed by atoms with Gasteiger partial charge in [0.2, 0.25) is 0 Å². The highest BCUT2D eigenvalue weighted by atomic mass is 19.2. The Labute approximate surface area is 160 Å². The molecule has 0 saturated carbocycles. The molecule has 0 saturated heterocycles. The highest BCUT2D eigenvalue weighted by molar-refractivity contribution is 6.16. The van der Waals surface area contributed by atoms with Crippen molar-refractivity contribution in [3.8, 4) is 5.75 Å². The molecule has 1 amide bonds. The first-order chi connectivity index (χ1) is 13.2. The number of ketones is 1. The van der Waals surface area contributed by atoms with Crippen molar-refractivity contribution in [1.82, 2.24) is 0 Å². The van der Waals surface area contributed by atoms with E-state index in [0.29, 0.717) is 5.56 Å². The van der Waals surface area contributed by atoms with Gasteiger partial charge in [-0.15, -0.1) is 0 Å². The number of rotatable bonds is 5. The third-order valence-corrected chi connectivity index (χ3v) is 4.49. The summed E-state index contributed by atoms with van der Waals surface area (Å²) in [6, 6.07) is 7.65. The van der Waals surface area contributed by atoms with Gasteiger partial charge in [-0.05, 0) is 35.7 Å². The van der Waals surface area contributed by atoms with Gasteiger partial charge < -0.3 is 10.2 Å². The van der Waals surface area contributed by atoms with Crippen LogP contribution >= 0.6 is 0 Å². The number of hydrogen-bond acceptors (Lipinski definition) is 4. The Morgan fingerprint density at radius 3 is 2.29 bits per heavy atom. The lowest BCUT2D eigenvalue weighted by atomic mass is 9.92. The van der Waals surface area contributed by atoms with E-state index in [1.807, 2.05) is 13.8 Å². The zero-order valence-electron chi connectivity index (χ0n) is 15.3. The maximum Gasteiger partial charge on any atom is 0.294 e. The summed E-state index contributed by atoms with van der Waals surface area (Å²) >= 11 is 0. The van der Waals surface area contributed by atoms with Gasteiger partial charge in [0, 0.05) is 18.2 Å². The van der Waals surface area contributed by atoms with Crippen LogP contribution in [0.2, 0.25) is 0 Å². The summed E-state index contributed by atoms with van der Waals surface area (Å²) in [7, 11) is 0. The minimum absolute atomic E-state index is 0.000807. The molecule has 0 radical (unpaired) electrons. The van der Waals surface area contributed by atoms with Gasteiger partial charge >= 0.3 is 0 Å². The summed E-state index contributed by atoms with van der Waals surface area (Å²) < 4.78 is 27.1. The Morgan fingerprint density at radius 1 is 1.07 bits per heavy atom. The first-order valence-corrected chi connectivity index (χ1v) is 8.74. The minimum Gasteiger partial charge on any atom is -0.508 e. The summed E-state index contributed by atoms with van der Waals surface area (Å²) in [6.45, 7) is 3.66. The van der Waals surface area contributed by atoms with Crippen LogP contribution in [0, 0.1) is 17.6 Å². The number of nitrogens with zero attached hydrogens (tertiary/aromatic N) is 1. The first-order valence-electron chi connectivity index (χ1n) is 8.74. The zero-order chi connectivity index (χ0) is 20.6. The van der Waals surface area contributed by atoms with Gasteiger partial charge in [0.05, 0.1) is 11.6 Å². The van der Waals surface area contributed by atoms with Crippen LogP contribution in [0.3, 0.4) is 0 Å². The third kappa shape index (κ3) is 3.47. The van der Waals surface area contributed by atoms with Gasteiger partial charge in [0.15, 0.2) is 23.2 Å². The van der Waals surface area contributed by atoms with Crippen LogP contribution in [0.15, 0.2) is 53.8 Å². The predicted octanol–water partition coefficient (Wildman–Crippen LogP) is 4.19. The molecule has 1 aliphatic rings. The molecule has 28 heavy (non-hydrogen) atoms. The second kappa shape index (κ2) is 7.42. The van der Waals surface area contributed by atoms with Crippen LogP contribution in [-0.4, -0.2) is 21.9 Å². The number of halogens is 2. The lowest BCUT2D eigenvalue weighted by Gasteiger charge is -2.27. The van der Waals surface area contributed by atoms with Crippen LogP contribution < -0.4 is 4.90 Å². The van der Waals surface area contributed by atoms with Gasteiger partial charge in [-0.25, -0.2) is 8.78 Å². The van der Waals surface area contributed by atoms with Gasteiger partial charge in [0.1, 0.15) is 5.75 Å². The molecule has 0 spiro atoms. The standard InChI is InChI=1S/C21H19F2NO4/c1-11(2)9-17(26)18-19(12-3-6-14(25)7-4-12)24(21(28)20(18)27)13-5-8-15(22)16(23)10-13/h3-8,10-11,19,25,27H,9H2,1-2H3. The average molecular weight is 387 g/mol. The minimum atomic E-state index is -1.16. The van der Waals surface area contributed by atoms with E-state index in [1.54, 1.807) is 0 Å². The van der Waals surface area contributed by atoms with E-state index in [4.69, 9.17) is 0 Å². The SMILES string of the molecule is CC(C)CC(=O)C1=C(O)C(=O)N(c2ccc(F)c(F)c2)C1c1ccc(O)cc1. The largest absolute Gasteiger partial charge is 0.508 e. The molecule has 2 aromatic carbocycles. The van der Waals surface area contributed by atoms with Crippen molar-refractivity contribution >= 4 is 17.4 Å².